The van der Waals surface area contributed by atoms with Crippen LogP contribution in [-0.2, 0) is 0 Å². The fourth-order valence-corrected chi connectivity index (χ4v) is 4.76. The minimum Gasteiger partial charge on any atom is -0.497 e. The summed E-state index contributed by atoms with van der Waals surface area (Å²) < 4.78 is 12.9. The number of pyridine rings is 1. The smallest absolute Gasteiger partial charge is 0.248 e. The second-order valence-corrected chi connectivity index (χ2v) is 8.80. The minimum atomic E-state index is -0.193. The summed E-state index contributed by atoms with van der Waals surface area (Å²) in [4.78, 5) is 10.7. The molecule has 9 nitrogen and oxygen atoms in total. The van der Waals surface area contributed by atoms with Crippen molar-refractivity contribution in [1.82, 2.24) is 19.7 Å². The van der Waals surface area contributed by atoms with Crippen LogP contribution in [0.25, 0.3) is 5.70 Å². The van der Waals surface area contributed by atoms with Gasteiger partial charge in [0.2, 0.25) is 11.9 Å². The van der Waals surface area contributed by atoms with Crippen molar-refractivity contribution in [3.63, 3.8) is 0 Å². The molecular formula is C26H23N7O2S. The number of anilines is 3. The molecule has 0 amide bonds. The van der Waals surface area contributed by atoms with Crippen LogP contribution in [0.2, 0.25) is 0 Å². The lowest BCUT2D eigenvalue weighted by atomic mass is 10.0. The van der Waals surface area contributed by atoms with Crippen LogP contribution in [0, 0.1) is 11.3 Å². The van der Waals surface area contributed by atoms with Gasteiger partial charge in [0.1, 0.15) is 28.7 Å². The van der Waals surface area contributed by atoms with Gasteiger partial charge in [0.05, 0.1) is 18.4 Å². The fourth-order valence-electron chi connectivity index (χ4n) is 3.95. The Bertz CT molecular complexity index is 1430. The normalized spacial score (nSPS) is 14.7. The van der Waals surface area contributed by atoms with Crippen molar-refractivity contribution >= 4 is 35.0 Å². The SMILES string of the molecule is COc1ccc(C2=C(C#N)C(SC)N(C)c3nc(Nc4ccc(Oc5ccncc5)cc4)nn32)cc1. The maximum absolute atomic E-state index is 10.1. The molecule has 2 aromatic carbocycles. The van der Waals surface area contributed by atoms with Gasteiger partial charge in [-0.25, -0.2) is 0 Å². The summed E-state index contributed by atoms with van der Waals surface area (Å²) in [6.07, 6.45) is 5.34. The molecule has 1 unspecified atom stereocenters. The Hall–Kier alpha value is -4.49. The Morgan fingerprint density at radius 1 is 0.972 bits per heavy atom. The number of fused-ring (bicyclic) bond motifs is 1. The molecule has 1 aliphatic heterocycles. The lowest BCUT2D eigenvalue weighted by Gasteiger charge is -2.33. The molecule has 4 aromatic rings. The molecule has 0 aliphatic carbocycles. The van der Waals surface area contributed by atoms with Gasteiger partial charge in [-0.2, -0.15) is 14.9 Å². The van der Waals surface area contributed by atoms with Crippen molar-refractivity contribution in [2.45, 2.75) is 5.37 Å². The predicted molar refractivity (Wildman–Crippen MR) is 141 cm³/mol. The zero-order valence-electron chi connectivity index (χ0n) is 19.9. The number of methoxy groups -OCH3 is 1. The summed E-state index contributed by atoms with van der Waals surface area (Å²) in [5.41, 5.74) is 2.97. The van der Waals surface area contributed by atoms with Crippen molar-refractivity contribution in [1.29, 1.82) is 5.26 Å². The summed E-state index contributed by atoms with van der Waals surface area (Å²) in [6, 6.07) is 21.1. The van der Waals surface area contributed by atoms with E-state index in [1.165, 1.54) is 0 Å². The lowest BCUT2D eigenvalue weighted by Crippen LogP contribution is -2.37. The third-order valence-electron chi connectivity index (χ3n) is 5.67. The summed E-state index contributed by atoms with van der Waals surface area (Å²) in [7, 11) is 3.54. The molecule has 180 valence electrons. The summed E-state index contributed by atoms with van der Waals surface area (Å²) in [5.74, 6) is 3.22. The molecule has 0 spiro atoms. The Morgan fingerprint density at radius 2 is 1.64 bits per heavy atom. The first kappa shape index (κ1) is 23.3. The second-order valence-electron chi connectivity index (χ2n) is 7.88. The molecular weight excluding hydrogens is 474 g/mol. The van der Waals surface area contributed by atoms with E-state index in [0.29, 0.717) is 34.7 Å². The number of hydrogen-bond acceptors (Lipinski definition) is 9. The third-order valence-corrected chi connectivity index (χ3v) is 6.67. The summed E-state index contributed by atoms with van der Waals surface area (Å²) >= 11 is 1.57. The molecule has 1 N–H and O–H groups in total. The highest BCUT2D eigenvalue weighted by atomic mass is 32.2. The molecule has 5 rings (SSSR count). The molecule has 0 fully saturated rings. The molecule has 0 saturated heterocycles. The van der Waals surface area contributed by atoms with E-state index in [4.69, 9.17) is 19.6 Å². The molecule has 3 heterocycles. The Labute approximate surface area is 213 Å². The van der Waals surface area contributed by atoms with E-state index < -0.39 is 0 Å². The number of nitriles is 1. The molecule has 2 aromatic heterocycles. The summed E-state index contributed by atoms with van der Waals surface area (Å²) in [6.45, 7) is 0. The first-order chi connectivity index (χ1) is 17.6. The minimum absolute atomic E-state index is 0.193. The average molecular weight is 498 g/mol. The molecule has 1 aliphatic rings. The zero-order valence-corrected chi connectivity index (χ0v) is 20.7. The van der Waals surface area contributed by atoms with Crippen LogP contribution < -0.4 is 19.7 Å². The van der Waals surface area contributed by atoms with Gasteiger partial charge < -0.3 is 19.7 Å². The Morgan fingerprint density at radius 3 is 2.28 bits per heavy atom. The van der Waals surface area contributed by atoms with Gasteiger partial charge in [0.25, 0.3) is 0 Å². The van der Waals surface area contributed by atoms with Gasteiger partial charge in [-0.05, 0) is 66.9 Å². The zero-order chi connectivity index (χ0) is 25.1. The first-order valence-electron chi connectivity index (χ1n) is 11.1. The second kappa shape index (κ2) is 10.0. The van der Waals surface area contributed by atoms with E-state index >= 15 is 0 Å². The van der Waals surface area contributed by atoms with Crippen LogP contribution in [0.1, 0.15) is 5.56 Å². The standard InChI is InChI=1S/C26H23N7O2S/c1-32-24(36-3)22(16-27)23(17-4-8-19(34-2)9-5-17)33-26(32)30-25(31-33)29-18-6-10-20(11-7-18)35-21-12-14-28-15-13-21/h4-15,24H,1-3H3,(H,29,31). The Balaban J connectivity index is 1.46. The highest BCUT2D eigenvalue weighted by Crippen LogP contribution is 2.38. The number of aromatic nitrogens is 4. The van der Waals surface area contributed by atoms with Gasteiger partial charge in [0.15, 0.2) is 0 Å². The average Bonchev–Trinajstić information content (AvgIpc) is 3.34. The van der Waals surface area contributed by atoms with Gasteiger partial charge in [-0.3, -0.25) is 4.98 Å². The number of ether oxygens (including phenoxy) is 2. The van der Waals surface area contributed by atoms with Crippen molar-refractivity contribution in [2.24, 2.45) is 0 Å². The molecule has 36 heavy (non-hydrogen) atoms. The van der Waals surface area contributed by atoms with Crippen LogP contribution in [0.3, 0.4) is 0 Å². The monoisotopic (exact) mass is 497 g/mol. The van der Waals surface area contributed by atoms with Crippen LogP contribution in [0.15, 0.2) is 78.6 Å². The lowest BCUT2D eigenvalue weighted by molar-refractivity contribution is 0.415. The molecule has 0 radical (unpaired) electrons. The summed E-state index contributed by atoms with van der Waals surface area (Å²) in [5, 5.41) is 17.9. The van der Waals surface area contributed by atoms with Crippen LogP contribution >= 0.6 is 11.8 Å². The largest absolute Gasteiger partial charge is 0.497 e. The van der Waals surface area contributed by atoms with Gasteiger partial charge in [0, 0.05) is 30.7 Å². The quantitative estimate of drug-likeness (QED) is 0.372. The molecule has 10 heteroatoms. The number of likely N-dealkylation sites (N-methyl/N-ethyl adjacent to an activating group) is 1. The Kier molecular flexibility index (Phi) is 6.47. The highest BCUT2D eigenvalue weighted by molar-refractivity contribution is 7.99. The number of thioether (sulfide) groups is 1. The van der Waals surface area contributed by atoms with Crippen LogP contribution in [0.5, 0.6) is 17.2 Å². The van der Waals surface area contributed by atoms with Gasteiger partial charge in [-0.1, -0.05) is 0 Å². The van der Waals surface area contributed by atoms with E-state index in [2.05, 4.69) is 16.4 Å². The number of benzene rings is 2. The number of rotatable bonds is 7. The van der Waals surface area contributed by atoms with E-state index in [9.17, 15) is 5.26 Å². The van der Waals surface area contributed by atoms with Gasteiger partial charge >= 0.3 is 0 Å². The van der Waals surface area contributed by atoms with Crippen LogP contribution in [0.4, 0.5) is 17.6 Å². The first-order valence-corrected chi connectivity index (χ1v) is 12.4. The van der Waals surface area contributed by atoms with Crippen molar-refractivity contribution in [3.05, 3.63) is 84.2 Å². The maximum atomic E-state index is 10.1. The van der Waals surface area contributed by atoms with Crippen molar-refractivity contribution in [2.75, 3.05) is 30.6 Å². The number of nitrogens with one attached hydrogen (secondary N) is 1. The fraction of sp³-hybridized carbons (Fsp3) is 0.154. The number of nitrogens with zero attached hydrogens (tertiary/aromatic N) is 6. The molecule has 0 saturated carbocycles. The molecule has 1 atom stereocenters. The van der Waals surface area contributed by atoms with E-state index in [-0.39, 0.29) is 5.37 Å². The number of hydrogen-bond donors (Lipinski definition) is 1. The van der Waals surface area contributed by atoms with E-state index in [0.717, 1.165) is 17.0 Å². The maximum Gasteiger partial charge on any atom is 0.248 e. The van der Waals surface area contributed by atoms with Crippen LogP contribution in [-0.4, -0.2) is 45.5 Å². The predicted octanol–water partition coefficient (Wildman–Crippen LogP) is 5.14. The van der Waals surface area contributed by atoms with Crippen molar-refractivity contribution < 1.29 is 9.47 Å². The van der Waals surface area contributed by atoms with Crippen molar-refractivity contribution in [3.8, 4) is 23.3 Å². The highest BCUT2D eigenvalue weighted by Gasteiger charge is 2.34. The third kappa shape index (κ3) is 4.44. The van der Waals surface area contributed by atoms with Gasteiger partial charge in [-0.15, -0.1) is 16.9 Å². The molecule has 0 bridgehead atoms. The van der Waals surface area contributed by atoms with E-state index in [1.54, 1.807) is 48.1 Å². The topological polar surface area (TPSA) is 101 Å². The van der Waals surface area contributed by atoms with E-state index in [1.807, 2.05) is 66.7 Å².